The highest BCUT2D eigenvalue weighted by atomic mass is 32.1. The van der Waals surface area contributed by atoms with Gasteiger partial charge in [0.1, 0.15) is 22.3 Å². The summed E-state index contributed by atoms with van der Waals surface area (Å²) in [5, 5.41) is 12.5. The van der Waals surface area contributed by atoms with E-state index in [9.17, 15) is 0 Å². The summed E-state index contributed by atoms with van der Waals surface area (Å²) in [7, 11) is 0. The van der Waals surface area contributed by atoms with Gasteiger partial charge in [0.25, 0.3) is 0 Å². The van der Waals surface area contributed by atoms with E-state index in [1.54, 1.807) is 59.9 Å². The maximum Gasteiger partial charge on any atom is 0.138 e. The first kappa shape index (κ1) is 35.9. The van der Waals surface area contributed by atoms with Gasteiger partial charge in [0, 0.05) is 118 Å². The number of nitrogens with zero attached hydrogens (tertiary/aromatic N) is 3. The molecule has 0 bridgehead atoms. The molecule has 0 atom stereocenters. The monoisotopic (exact) mass is 1000 g/mol. The summed E-state index contributed by atoms with van der Waals surface area (Å²) in [6, 6.07) is 65.7. The van der Waals surface area contributed by atoms with Gasteiger partial charge in [0.05, 0.1) is 19.3 Å². The van der Waals surface area contributed by atoms with E-state index in [4.69, 9.17) is 19.8 Å². The molecule has 0 saturated heterocycles. The van der Waals surface area contributed by atoms with Crippen LogP contribution in [0.2, 0.25) is 0 Å². The smallest absolute Gasteiger partial charge is 0.138 e. The van der Waals surface area contributed by atoms with Gasteiger partial charge in [0.2, 0.25) is 0 Å². The number of aryl methyl sites for hydroxylation is 2. The van der Waals surface area contributed by atoms with Gasteiger partial charge in [-0.15, -0.1) is 11.3 Å². The van der Waals surface area contributed by atoms with Crippen LogP contribution in [0.5, 0.6) is 0 Å². The quantitative estimate of drug-likeness (QED) is 0.166. The lowest BCUT2D eigenvalue weighted by atomic mass is 9.85. The van der Waals surface area contributed by atoms with Crippen LogP contribution in [0.1, 0.15) is 48.4 Å². The topological polar surface area (TPSA) is 37.2 Å². The van der Waals surface area contributed by atoms with E-state index in [-0.39, 0.29) is 16.5 Å². The number of fused-ring (bicyclic) bond motifs is 17. The number of thiophene rings is 1. The van der Waals surface area contributed by atoms with Gasteiger partial charge in [-0.2, -0.15) is 0 Å². The van der Waals surface area contributed by atoms with Crippen molar-refractivity contribution in [3.63, 3.8) is 0 Å². The maximum absolute atomic E-state index is 8.41. The van der Waals surface area contributed by atoms with Crippen LogP contribution in [0, 0.1) is 13.7 Å². The van der Waals surface area contributed by atoms with Crippen molar-refractivity contribution in [2.24, 2.45) is 0 Å². The third-order valence-electron chi connectivity index (χ3n) is 15.7. The fourth-order valence-corrected chi connectivity index (χ4v) is 13.3. The first-order valence-corrected chi connectivity index (χ1v) is 26.4. The molecule has 76 heavy (non-hydrogen) atoms. The van der Waals surface area contributed by atoms with Crippen molar-refractivity contribution in [2.45, 2.75) is 39.9 Å². The molecule has 0 saturated carbocycles. The Balaban J connectivity index is 0.871. The Morgan fingerprint density at radius 2 is 0.987 bits per heavy atom. The fourth-order valence-electron chi connectivity index (χ4n) is 12.1. The molecule has 16 rings (SSSR count). The molecule has 5 nitrogen and oxygen atoms in total. The van der Waals surface area contributed by atoms with E-state index in [0.717, 1.165) is 93.1 Å². The van der Waals surface area contributed by atoms with Crippen molar-refractivity contribution < 1.29 is 19.8 Å². The molecule has 6 heteroatoms. The molecule has 16 aromatic rings. The average molecular weight is 1000 g/mol. The van der Waals surface area contributed by atoms with E-state index >= 15 is 0 Å². The number of anilines is 6. The van der Waals surface area contributed by atoms with E-state index in [0.29, 0.717) is 34.4 Å². The Bertz CT molecular complexity index is 5430. The average Bonchev–Trinajstić information content (AvgIpc) is 1.63. The zero-order chi connectivity index (χ0) is 57.5. The van der Waals surface area contributed by atoms with Crippen LogP contribution in [0.4, 0.5) is 34.1 Å². The third kappa shape index (κ3) is 6.25. The van der Waals surface area contributed by atoms with Gasteiger partial charge >= 0.3 is 0 Å². The molecule has 0 unspecified atom stereocenters. The van der Waals surface area contributed by atoms with Crippen LogP contribution in [-0.2, 0) is 5.41 Å². The second-order valence-corrected chi connectivity index (χ2v) is 22.2. The lowest BCUT2D eigenvalue weighted by Gasteiger charge is -2.25. The summed E-state index contributed by atoms with van der Waals surface area (Å²) >= 11 is 1.76. The van der Waals surface area contributed by atoms with Gasteiger partial charge in [-0.05, 0) is 150 Å². The number of rotatable bonds is 6. The molecule has 0 spiro atoms. The second kappa shape index (κ2) is 15.7. The van der Waals surface area contributed by atoms with Crippen LogP contribution < -0.4 is 9.80 Å². The summed E-state index contributed by atoms with van der Waals surface area (Å²) in [5.74, 6) is 0. The number of para-hydroxylation sites is 4. The molecule has 5 heterocycles. The molecular formula is C70H49N3O2S. The van der Waals surface area contributed by atoms with Crippen LogP contribution in [-0.4, -0.2) is 4.40 Å². The molecule has 11 aromatic carbocycles. The van der Waals surface area contributed by atoms with E-state index in [2.05, 4.69) is 114 Å². The van der Waals surface area contributed by atoms with Crippen molar-refractivity contribution >= 4 is 158 Å². The lowest BCUT2D eigenvalue weighted by molar-refractivity contribution is 0.592. The molecule has 0 amide bonds. The number of benzene rings is 11. The summed E-state index contributed by atoms with van der Waals surface area (Å²) in [6.45, 7) is 2.14. The Hall–Kier alpha value is -9.10. The molecule has 0 aliphatic rings. The van der Waals surface area contributed by atoms with Crippen molar-refractivity contribution in [3.8, 4) is 0 Å². The molecule has 362 valence electrons. The van der Waals surface area contributed by atoms with E-state index in [1.165, 1.54) is 37.2 Å². The Morgan fingerprint density at radius 3 is 1.59 bits per heavy atom. The van der Waals surface area contributed by atoms with Gasteiger partial charge < -0.3 is 23.0 Å². The molecule has 0 fully saturated rings. The summed E-state index contributed by atoms with van der Waals surface area (Å²) < 4.78 is 83.7. The number of hydrogen-bond acceptors (Lipinski definition) is 5. The summed E-state index contributed by atoms with van der Waals surface area (Å²) in [4.78, 5) is 4.33. The molecule has 0 aliphatic carbocycles. The van der Waals surface area contributed by atoms with Crippen molar-refractivity contribution in [2.75, 3.05) is 9.80 Å². The van der Waals surface area contributed by atoms with E-state index < -0.39 is 13.7 Å². The van der Waals surface area contributed by atoms with Gasteiger partial charge in [-0.3, -0.25) is 0 Å². The highest BCUT2D eigenvalue weighted by molar-refractivity contribution is 7.26. The Kier molecular flexibility index (Phi) is 7.43. The molecule has 0 aliphatic heterocycles. The standard InChI is InChI=1S/C70H49N3O2S/c1-40-14-12-20-54-51-28-24-47(36-62(51)74-68(40)54)71(44-16-8-6-9-17-44)46-23-27-50-58-33-43(70(3,4)5)34-59-66-56-39-57-53-30-26-49(38-65(53)76-64(57)32-42(56)22-31-60(66)73(67(58)59)61(50)35-46)72(45-18-10-7-11-19-45)48-25-29-52-55-21-13-15-41(2)69(55)75-63(52)37-48/h6-39H,1-5H3/i1D3,2D3,6D,7D. The number of furan rings is 2. The van der Waals surface area contributed by atoms with Crippen LogP contribution >= 0.6 is 11.3 Å². The minimum absolute atomic E-state index is 0.153. The predicted molar refractivity (Wildman–Crippen MR) is 324 cm³/mol. The van der Waals surface area contributed by atoms with Gasteiger partial charge in [-0.25, -0.2) is 0 Å². The molecular weight excluding hydrogens is 947 g/mol. The highest BCUT2D eigenvalue weighted by Gasteiger charge is 2.26. The second-order valence-electron chi connectivity index (χ2n) is 21.1. The molecule has 5 aromatic heterocycles. The zero-order valence-corrected chi connectivity index (χ0v) is 42.4. The highest BCUT2D eigenvalue weighted by Crippen LogP contribution is 2.49. The van der Waals surface area contributed by atoms with Crippen LogP contribution in [0.15, 0.2) is 215 Å². The molecule has 0 radical (unpaired) electrons. The number of aromatic nitrogens is 1. The zero-order valence-electron chi connectivity index (χ0n) is 49.5. The minimum Gasteiger partial charge on any atom is -0.456 e. The summed E-state index contributed by atoms with van der Waals surface area (Å²) in [5.41, 5.74) is 11.9. The number of hydrogen-bond donors (Lipinski definition) is 0. The summed E-state index contributed by atoms with van der Waals surface area (Å²) in [6.07, 6.45) is 0. The van der Waals surface area contributed by atoms with Crippen molar-refractivity contribution in [3.05, 3.63) is 223 Å². The first-order chi connectivity index (χ1) is 40.3. The SMILES string of the molecule is [2H]c1ccc(N(c2ccc3c(c2)oc2c(C([2H])([2H])[2H])cccc23)c2ccc3c(c2)sc2cc4ccc5c(c4cc23)c2cc(C(C)(C)C)cc3c4ccc(N(c6ccc([2H])cc6)c6ccc7c(c6)oc6c(C([2H])([2H])[2H])cccc67)cc4n5c32)cc1. The Labute approximate surface area is 453 Å². The van der Waals surface area contributed by atoms with Crippen LogP contribution in [0.3, 0.4) is 0 Å². The van der Waals surface area contributed by atoms with Gasteiger partial charge in [-0.1, -0.05) is 112 Å². The largest absolute Gasteiger partial charge is 0.456 e. The minimum atomic E-state index is -2.34. The van der Waals surface area contributed by atoms with E-state index in [1.807, 2.05) is 66.7 Å². The lowest BCUT2D eigenvalue weighted by Crippen LogP contribution is -2.10. The van der Waals surface area contributed by atoms with Crippen LogP contribution in [0.25, 0.3) is 113 Å². The fraction of sp³-hybridized carbons (Fsp3) is 0.0857. The molecule has 0 N–H and O–H groups in total. The predicted octanol–water partition coefficient (Wildman–Crippen LogP) is 21.0. The van der Waals surface area contributed by atoms with Crippen molar-refractivity contribution in [1.82, 2.24) is 4.40 Å². The van der Waals surface area contributed by atoms with Crippen molar-refractivity contribution in [1.29, 1.82) is 0 Å². The first-order valence-electron chi connectivity index (χ1n) is 29.5. The third-order valence-corrected chi connectivity index (χ3v) is 16.8. The van der Waals surface area contributed by atoms with Gasteiger partial charge in [0.15, 0.2) is 0 Å². The Morgan fingerprint density at radius 1 is 0.434 bits per heavy atom. The maximum atomic E-state index is 8.41. The normalized spacial score (nSPS) is 14.4.